The summed E-state index contributed by atoms with van der Waals surface area (Å²) in [6, 6.07) is 2.23. The van der Waals surface area contributed by atoms with E-state index in [0.717, 1.165) is 18.4 Å². The lowest BCUT2D eigenvalue weighted by molar-refractivity contribution is 0.187. The first-order valence-corrected chi connectivity index (χ1v) is 7.94. The Bertz CT molecular complexity index is 353. The van der Waals surface area contributed by atoms with Gasteiger partial charge < -0.3 is 10.2 Å². The first-order chi connectivity index (χ1) is 8.15. The molecule has 4 heteroatoms. The molecule has 2 atom stereocenters. The van der Waals surface area contributed by atoms with Crippen molar-refractivity contribution in [3.8, 4) is 0 Å². The van der Waals surface area contributed by atoms with Crippen LogP contribution in [0, 0.1) is 11.8 Å². The summed E-state index contributed by atoms with van der Waals surface area (Å²) in [7, 11) is 2.24. The van der Waals surface area contributed by atoms with E-state index < -0.39 is 0 Å². The maximum atomic E-state index is 3.52. The van der Waals surface area contributed by atoms with Crippen LogP contribution in [0.2, 0.25) is 0 Å². The fraction of sp³-hybridized carbons (Fsp3) is 0.692. The molecule has 1 aromatic heterocycles. The van der Waals surface area contributed by atoms with Gasteiger partial charge in [-0.05, 0) is 71.3 Å². The molecular formula is C13H21BrN2S. The molecule has 0 saturated carbocycles. The molecule has 1 saturated heterocycles. The van der Waals surface area contributed by atoms with Crippen molar-refractivity contribution in [2.75, 3.05) is 26.7 Å². The van der Waals surface area contributed by atoms with E-state index in [9.17, 15) is 0 Å². The highest BCUT2D eigenvalue weighted by Gasteiger charge is 2.22. The molecule has 17 heavy (non-hydrogen) atoms. The van der Waals surface area contributed by atoms with Crippen LogP contribution in [0.5, 0.6) is 0 Å². The van der Waals surface area contributed by atoms with Crippen molar-refractivity contribution in [2.24, 2.45) is 11.8 Å². The summed E-state index contributed by atoms with van der Waals surface area (Å²) in [6.45, 7) is 7.02. The smallest absolute Gasteiger partial charge is 0.0701 e. The topological polar surface area (TPSA) is 15.3 Å². The minimum absolute atomic E-state index is 0.806. The molecule has 0 radical (unpaired) electrons. The van der Waals surface area contributed by atoms with Crippen molar-refractivity contribution in [3.05, 3.63) is 20.8 Å². The van der Waals surface area contributed by atoms with Crippen LogP contribution in [0.3, 0.4) is 0 Å². The van der Waals surface area contributed by atoms with Gasteiger partial charge in [-0.25, -0.2) is 0 Å². The Kier molecular flexibility index (Phi) is 5.03. The molecule has 2 unspecified atom stereocenters. The summed E-state index contributed by atoms with van der Waals surface area (Å²) in [5.41, 5.74) is 1.42. The van der Waals surface area contributed by atoms with Crippen molar-refractivity contribution in [2.45, 2.75) is 19.9 Å². The molecule has 0 bridgehead atoms. The number of nitrogens with zero attached hydrogens (tertiary/aromatic N) is 1. The number of halogens is 1. The van der Waals surface area contributed by atoms with E-state index in [1.807, 2.05) is 0 Å². The number of nitrogens with one attached hydrogen (secondary N) is 1. The average molecular weight is 317 g/mol. The van der Waals surface area contributed by atoms with E-state index in [1.165, 1.54) is 35.4 Å². The molecule has 0 spiro atoms. The lowest BCUT2D eigenvalue weighted by Crippen LogP contribution is -2.40. The zero-order valence-electron chi connectivity index (χ0n) is 10.6. The second-order valence-corrected chi connectivity index (χ2v) is 7.48. The van der Waals surface area contributed by atoms with Crippen LogP contribution in [0.25, 0.3) is 0 Å². The third-order valence-electron chi connectivity index (χ3n) is 3.58. The number of rotatable bonds is 4. The van der Waals surface area contributed by atoms with Crippen molar-refractivity contribution in [1.29, 1.82) is 0 Å². The highest BCUT2D eigenvalue weighted by molar-refractivity contribution is 9.11. The van der Waals surface area contributed by atoms with E-state index in [1.54, 1.807) is 11.3 Å². The number of piperidine rings is 1. The summed E-state index contributed by atoms with van der Waals surface area (Å²) >= 11 is 5.29. The fourth-order valence-corrected chi connectivity index (χ4v) is 3.75. The van der Waals surface area contributed by atoms with Gasteiger partial charge in [0.05, 0.1) is 3.79 Å². The van der Waals surface area contributed by atoms with Gasteiger partial charge in [-0.2, -0.15) is 0 Å². The third kappa shape index (κ3) is 4.05. The van der Waals surface area contributed by atoms with Crippen molar-refractivity contribution >= 4 is 27.3 Å². The predicted molar refractivity (Wildman–Crippen MR) is 78.5 cm³/mol. The number of hydrogen-bond acceptors (Lipinski definition) is 3. The molecule has 2 nitrogen and oxygen atoms in total. The minimum Gasteiger partial charge on any atom is -0.316 e. The molecule has 1 aliphatic rings. The largest absolute Gasteiger partial charge is 0.316 e. The van der Waals surface area contributed by atoms with E-state index in [-0.39, 0.29) is 0 Å². The number of thiophene rings is 1. The molecule has 0 aliphatic carbocycles. The quantitative estimate of drug-likeness (QED) is 0.917. The van der Waals surface area contributed by atoms with Crippen molar-refractivity contribution in [1.82, 2.24) is 10.2 Å². The molecule has 0 aromatic carbocycles. The fourth-order valence-electron chi connectivity index (χ4n) is 2.54. The van der Waals surface area contributed by atoms with Gasteiger partial charge in [0.15, 0.2) is 0 Å². The second kappa shape index (κ2) is 6.32. The Morgan fingerprint density at radius 3 is 3.06 bits per heavy atom. The normalized spacial score (nSPS) is 25.4. The Morgan fingerprint density at radius 2 is 2.41 bits per heavy atom. The molecule has 1 fully saturated rings. The summed E-state index contributed by atoms with van der Waals surface area (Å²) in [5.74, 6) is 1.66. The summed E-state index contributed by atoms with van der Waals surface area (Å²) in [4.78, 5) is 2.46. The highest BCUT2D eigenvalue weighted by Crippen LogP contribution is 2.23. The molecule has 96 valence electrons. The molecule has 2 rings (SSSR count). The second-order valence-electron chi connectivity index (χ2n) is 5.19. The summed E-state index contributed by atoms with van der Waals surface area (Å²) in [6.07, 6.45) is 1.32. The van der Waals surface area contributed by atoms with Gasteiger partial charge >= 0.3 is 0 Å². The molecule has 1 aliphatic heterocycles. The van der Waals surface area contributed by atoms with Gasteiger partial charge in [0, 0.05) is 13.1 Å². The molecular weight excluding hydrogens is 296 g/mol. The maximum Gasteiger partial charge on any atom is 0.0701 e. The Labute approximate surface area is 117 Å². The van der Waals surface area contributed by atoms with Crippen LogP contribution in [-0.2, 0) is 6.54 Å². The van der Waals surface area contributed by atoms with Crippen LogP contribution < -0.4 is 5.32 Å². The first-order valence-electron chi connectivity index (χ1n) is 6.27. The standard InChI is InChI=1S/C13H21BrN2S/c1-10-6-15-4-3-12(10)8-16(2)7-11-5-13(14)17-9-11/h5,9-10,12,15H,3-4,6-8H2,1-2H3. The van der Waals surface area contributed by atoms with Crippen molar-refractivity contribution < 1.29 is 0 Å². The predicted octanol–water partition coefficient (Wildman–Crippen LogP) is 3.19. The van der Waals surface area contributed by atoms with E-state index in [4.69, 9.17) is 0 Å². The van der Waals surface area contributed by atoms with Gasteiger partial charge in [-0.3, -0.25) is 0 Å². The lowest BCUT2D eigenvalue weighted by atomic mass is 9.87. The van der Waals surface area contributed by atoms with Crippen molar-refractivity contribution in [3.63, 3.8) is 0 Å². The molecule has 0 amide bonds. The number of hydrogen-bond donors (Lipinski definition) is 1. The third-order valence-corrected chi connectivity index (χ3v) is 5.14. The molecule has 1 aromatic rings. The Balaban J connectivity index is 1.82. The highest BCUT2D eigenvalue weighted by atomic mass is 79.9. The van der Waals surface area contributed by atoms with Crippen LogP contribution in [0.4, 0.5) is 0 Å². The minimum atomic E-state index is 0.806. The lowest BCUT2D eigenvalue weighted by Gasteiger charge is -2.32. The maximum absolute atomic E-state index is 3.52. The molecule has 1 N–H and O–H groups in total. The average Bonchev–Trinajstić information content (AvgIpc) is 2.67. The monoisotopic (exact) mass is 316 g/mol. The Morgan fingerprint density at radius 1 is 1.59 bits per heavy atom. The van der Waals surface area contributed by atoms with Crippen LogP contribution in [-0.4, -0.2) is 31.6 Å². The summed E-state index contributed by atoms with van der Waals surface area (Å²) < 4.78 is 1.23. The zero-order valence-corrected chi connectivity index (χ0v) is 13.0. The van der Waals surface area contributed by atoms with Gasteiger partial charge in [-0.15, -0.1) is 11.3 Å². The SMILES string of the molecule is CC1CNCCC1CN(C)Cc1csc(Br)c1. The van der Waals surface area contributed by atoms with Crippen LogP contribution in [0.1, 0.15) is 18.9 Å². The Hall–Kier alpha value is 0.100. The van der Waals surface area contributed by atoms with Crippen LogP contribution in [0.15, 0.2) is 15.2 Å². The van der Waals surface area contributed by atoms with E-state index in [2.05, 4.69) is 51.6 Å². The van der Waals surface area contributed by atoms with Gasteiger partial charge in [0.2, 0.25) is 0 Å². The van der Waals surface area contributed by atoms with E-state index in [0.29, 0.717) is 0 Å². The van der Waals surface area contributed by atoms with Gasteiger partial charge in [0.1, 0.15) is 0 Å². The first kappa shape index (κ1) is 13.5. The van der Waals surface area contributed by atoms with Gasteiger partial charge in [0.25, 0.3) is 0 Å². The summed E-state index contributed by atoms with van der Waals surface area (Å²) in [5, 5.41) is 5.71. The molecule has 2 heterocycles. The van der Waals surface area contributed by atoms with Gasteiger partial charge in [-0.1, -0.05) is 6.92 Å². The van der Waals surface area contributed by atoms with Crippen LogP contribution >= 0.6 is 27.3 Å². The van der Waals surface area contributed by atoms with E-state index >= 15 is 0 Å². The zero-order chi connectivity index (χ0) is 12.3.